The van der Waals surface area contributed by atoms with Crippen LogP contribution in [-0.4, -0.2) is 53.8 Å². The summed E-state index contributed by atoms with van der Waals surface area (Å²) in [6.07, 6.45) is 0.264. The Morgan fingerprint density at radius 1 is 1.10 bits per heavy atom. The predicted octanol–water partition coefficient (Wildman–Crippen LogP) is 2.19. The quantitative estimate of drug-likeness (QED) is 0.227. The maximum Gasteiger partial charge on any atom is 0.339 e. The Labute approximate surface area is 176 Å². The van der Waals surface area contributed by atoms with Crippen LogP contribution < -0.4 is 10.6 Å². The molecule has 3 rings (SSSR count). The van der Waals surface area contributed by atoms with Crippen LogP contribution in [0.5, 0.6) is 0 Å². The van der Waals surface area contributed by atoms with Crippen molar-refractivity contribution in [1.29, 1.82) is 0 Å². The standard InChI is InChI=1S/C20H18N4O7/c1-31-19(27)14-5-2-3-6-16(14)22-20(28)21-9-4-10-23-17(25)13-8-7-12(24(29)30)11-15(13)18(23)26/h2-3,5-8,11H,4,9-10H2,1H3,(H2,21,22,28). The number of carbonyl (C=O) groups excluding carboxylic acids is 4. The number of ether oxygens (including phenoxy) is 1. The van der Waals surface area contributed by atoms with E-state index in [0.717, 1.165) is 11.0 Å². The highest BCUT2D eigenvalue weighted by Crippen LogP contribution is 2.26. The molecule has 0 saturated heterocycles. The number of para-hydroxylation sites is 1. The number of imide groups is 1. The molecule has 0 atom stereocenters. The summed E-state index contributed by atoms with van der Waals surface area (Å²) < 4.78 is 4.66. The number of non-ortho nitro benzene ring substituents is 1. The smallest absolute Gasteiger partial charge is 0.339 e. The summed E-state index contributed by atoms with van der Waals surface area (Å²) in [5.74, 6) is -1.74. The van der Waals surface area contributed by atoms with Gasteiger partial charge in [0.1, 0.15) is 0 Å². The summed E-state index contributed by atoms with van der Waals surface area (Å²) in [6.45, 7) is 0.166. The molecule has 11 nitrogen and oxygen atoms in total. The van der Waals surface area contributed by atoms with E-state index < -0.39 is 28.7 Å². The Hall–Kier alpha value is -4.28. The Bertz CT molecular complexity index is 1080. The van der Waals surface area contributed by atoms with Crippen molar-refractivity contribution in [1.82, 2.24) is 10.2 Å². The van der Waals surface area contributed by atoms with Crippen LogP contribution in [0.4, 0.5) is 16.2 Å². The van der Waals surface area contributed by atoms with Crippen molar-refractivity contribution in [3.63, 3.8) is 0 Å². The lowest BCUT2D eigenvalue weighted by Gasteiger charge is -2.14. The molecule has 0 radical (unpaired) electrons. The highest BCUT2D eigenvalue weighted by atomic mass is 16.6. The zero-order chi connectivity index (χ0) is 22.5. The fraction of sp³-hybridized carbons (Fsp3) is 0.200. The van der Waals surface area contributed by atoms with E-state index in [-0.39, 0.29) is 47.6 Å². The van der Waals surface area contributed by atoms with Gasteiger partial charge >= 0.3 is 12.0 Å². The molecule has 31 heavy (non-hydrogen) atoms. The lowest BCUT2D eigenvalue weighted by atomic mass is 10.1. The number of amides is 4. The molecule has 2 aromatic rings. The van der Waals surface area contributed by atoms with Crippen LogP contribution in [-0.2, 0) is 4.74 Å². The number of rotatable bonds is 7. The molecule has 11 heteroatoms. The van der Waals surface area contributed by atoms with Gasteiger partial charge in [-0.25, -0.2) is 9.59 Å². The van der Waals surface area contributed by atoms with Gasteiger partial charge in [0.25, 0.3) is 17.5 Å². The van der Waals surface area contributed by atoms with Crippen molar-refractivity contribution in [2.75, 3.05) is 25.5 Å². The van der Waals surface area contributed by atoms with E-state index in [4.69, 9.17) is 0 Å². The molecule has 1 heterocycles. The number of fused-ring (bicyclic) bond motifs is 1. The normalized spacial score (nSPS) is 12.4. The lowest BCUT2D eigenvalue weighted by molar-refractivity contribution is -0.384. The third-order valence-electron chi connectivity index (χ3n) is 4.59. The van der Waals surface area contributed by atoms with Crippen LogP contribution in [0.1, 0.15) is 37.5 Å². The summed E-state index contributed by atoms with van der Waals surface area (Å²) >= 11 is 0. The van der Waals surface area contributed by atoms with Crippen LogP contribution in [0.25, 0.3) is 0 Å². The predicted molar refractivity (Wildman–Crippen MR) is 108 cm³/mol. The molecule has 1 aliphatic heterocycles. The van der Waals surface area contributed by atoms with Gasteiger partial charge < -0.3 is 15.4 Å². The van der Waals surface area contributed by atoms with Crippen LogP contribution in [0.15, 0.2) is 42.5 Å². The van der Waals surface area contributed by atoms with Crippen molar-refractivity contribution < 1.29 is 28.8 Å². The summed E-state index contributed by atoms with van der Waals surface area (Å²) in [5.41, 5.74) is 0.298. The fourth-order valence-corrected chi connectivity index (χ4v) is 3.08. The van der Waals surface area contributed by atoms with Crippen LogP contribution in [0.3, 0.4) is 0 Å². The number of esters is 1. The molecule has 1 aliphatic rings. The van der Waals surface area contributed by atoms with Gasteiger partial charge in [0.2, 0.25) is 0 Å². The van der Waals surface area contributed by atoms with Crippen LogP contribution >= 0.6 is 0 Å². The monoisotopic (exact) mass is 426 g/mol. The van der Waals surface area contributed by atoms with Gasteiger partial charge in [-0.05, 0) is 24.6 Å². The summed E-state index contributed by atoms with van der Waals surface area (Å²) in [4.78, 5) is 59.9. The molecule has 4 amide bonds. The van der Waals surface area contributed by atoms with Gasteiger partial charge in [-0.3, -0.25) is 24.6 Å². The molecule has 0 spiro atoms. The van der Waals surface area contributed by atoms with E-state index in [1.54, 1.807) is 18.2 Å². The van der Waals surface area contributed by atoms with Gasteiger partial charge in [-0.1, -0.05) is 12.1 Å². The van der Waals surface area contributed by atoms with Crippen LogP contribution in [0.2, 0.25) is 0 Å². The van der Waals surface area contributed by atoms with Gasteiger partial charge in [0.05, 0.1) is 34.4 Å². The third-order valence-corrected chi connectivity index (χ3v) is 4.59. The lowest BCUT2D eigenvalue weighted by Crippen LogP contribution is -2.35. The molecule has 0 bridgehead atoms. The summed E-state index contributed by atoms with van der Waals surface area (Å²) in [5, 5.41) is 16.0. The van der Waals surface area contributed by atoms with Crippen molar-refractivity contribution in [3.05, 3.63) is 69.3 Å². The minimum atomic E-state index is -0.637. The number of urea groups is 1. The first kappa shape index (κ1) is 21.4. The second-order valence-electron chi connectivity index (χ2n) is 6.52. The minimum Gasteiger partial charge on any atom is -0.465 e. The topological polar surface area (TPSA) is 148 Å². The summed E-state index contributed by atoms with van der Waals surface area (Å²) in [7, 11) is 1.23. The molecule has 0 fully saturated rings. The van der Waals surface area contributed by atoms with Crippen molar-refractivity contribution in [2.24, 2.45) is 0 Å². The maximum absolute atomic E-state index is 12.4. The zero-order valence-electron chi connectivity index (χ0n) is 16.4. The Balaban J connectivity index is 1.53. The first-order chi connectivity index (χ1) is 14.8. The van der Waals surface area contributed by atoms with E-state index in [1.165, 1.54) is 25.3 Å². The fourth-order valence-electron chi connectivity index (χ4n) is 3.08. The number of anilines is 1. The Morgan fingerprint density at radius 3 is 2.52 bits per heavy atom. The number of benzene rings is 2. The van der Waals surface area contributed by atoms with Gasteiger partial charge in [-0.2, -0.15) is 0 Å². The van der Waals surface area contributed by atoms with Gasteiger partial charge in [0, 0.05) is 25.2 Å². The van der Waals surface area contributed by atoms with E-state index >= 15 is 0 Å². The number of nitro groups is 1. The van der Waals surface area contributed by atoms with Gasteiger partial charge in [0.15, 0.2) is 0 Å². The minimum absolute atomic E-state index is 0.00989. The van der Waals surface area contributed by atoms with E-state index in [1.807, 2.05) is 0 Å². The second-order valence-corrected chi connectivity index (χ2v) is 6.52. The molecule has 0 saturated carbocycles. The molecule has 160 valence electrons. The first-order valence-corrected chi connectivity index (χ1v) is 9.20. The SMILES string of the molecule is COC(=O)c1ccccc1NC(=O)NCCCN1C(=O)c2ccc([N+](=O)[O-])cc2C1=O. The average Bonchev–Trinajstić information content (AvgIpc) is 3.00. The van der Waals surface area contributed by atoms with E-state index in [2.05, 4.69) is 15.4 Å². The largest absolute Gasteiger partial charge is 0.465 e. The molecular weight excluding hydrogens is 408 g/mol. The number of nitrogens with zero attached hydrogens (tertiary/aromatic N) is 2. The Kier molecular flexibility index (Phi) is 6.24. The highest BCUT2D eigenvalue weighted by Gasteiger charge is 2.36. The van der Waals surface area contributed by atoms with E-state index in [9.17, 15) is 29.3 Å². The molecular formula is C20H18N4O7. The molecule has 2 N–H and O–H groups in total. The van der Waals surface area contributed by atoms with Gasteiger partial charge in [-0.15, -0.1) is 0 Å². The van der Waals surface area contributed by atoms with E-state index in [0.29, 0.717) is 0 Å². The number of carbonyl (C=O) groups is 4. The van der Waals surface area contributed by atoms with Crippen molar-refractivity contribution in [3.8, 4) is 0 Å². The molecule has 0 unspecified atom stereocenters. The molecule has 0 aromatic heterocycles. The summed E-state index contributed by atoms with van der Waals surface area (Å²) in [6, 6.07) is 9.27. The highest BCUT2D eigenvalue weighted by molar-refractivity contribution is 6.21. The average molecular weight is 426 g/mol. The molecule has 2 aromatic carbocycles. The van der Waals surface area contributed by atoms with Crippen LogP contribution in [0, 0.1) is 10.1 Å². The second kappa shape index (κ2) is 9.03. The van der Waals surface area contributed by atoms with Crippen molar-refractivity contribution >= 4 is 35.2 Å². The number of hydrogen-bond acceptors (Lipinski definition) is 7. The maximum atomic E-state index is 12.4. The number of methoxy groups -OCH3 is 1. The zero-order valence-corrected chi connectivity index (χ0v) is 16.4. The number of hydrogen-bond donors (Lipinski definition) is 2. The number of nitro benzene ring substituents is 1. The first-order valence-electron chi connectivity index (χ1n) is 9.20. The Morgan fingerprint density at radius 2 is 1.81 bits per heavy atom. The molecule has 0 aliphatic carbocycles. The van der Waals surface area contributed by atoms with Crippen molar-refractivity contribution in [2.45, 2.75) is 6.42 Å². The number of nitrogens with one attached hydrogen (secondary N) is 2. The third kappa shape index (κ3) is 4.50.